The van der Waals surface area contributed by atoms with Crippen LogP contribution in [0.3, 0.4) is 0 Å². The first kappa shape index (κ1) is 16.7. The number of nitrogens with zero attached hydrogens (tertiary/aromatic N) is 2. The van der Waals surface area contributed by atoms with Crippen molar-refractivity contribution in [2.45, 2.75) is 45.6 Å². The molecule has 0 aliphatic heterocycles. The number of aliphatic hydroxyl groups is 1. The van der Waals surface area contributed by atoms with Crippen molar-refractivity contribution >= 4 is 5.91 Å². The largest absolute Gasteiger partial charge is 0.393 e. The molecule has 5 nitrogen and oxygen atoms in total. The number of rotatable bonds is 4. The van der Waals surface area contributed by atoms with Gasteiger partial charge in [0, 0.05) is 18.2 Å². The smallest absolute Gasteiger partial charge is 0.271 e. The van der Waals surface area contributed by atoms with Crippen LogP contribution in [0, 0.1) is 19.8 Å². The van der Waals surface area contributed by atoms with E-state index in [-0.39, 0.29) is 17.9 Å². The molecule has 1 amide bonds. The third-order valence-corrected chi connectivity index (χ3v) is 4.79. The molecule has 24 heavy (non-hydrogen) atoms. The highest BCUT2D eigenvalue weighted by molar-refractivity contribution is 5.92. The molecule has 0 spiro atoms. The number of carbonyl (C=O) groups is 1. The average molecular weight is 327 g/mol. The maximum atomic E-state index is 12.4. The topological polar surface area (TPSA) is 67.2 Å². The summed E-state index contributed by atoms with van der Waals surface area (Å²) in [6, 6.07) is 9.85. The first-order valence-corrected chi connectivity index (χ1v) is 8.64. The van der Waals surface area contributed by atoms with Gasteiger partial charge >= 0.3 is 0 Å². The van der Waals surface area contributed by atoms with Gasteiger partial charge in [-0.3, -0.25) is 4.79 Å². The number of amides is 1. The zero-order valence-corrected chi connectivity index (χ0v) is 14.3. The minimum absolute atomic E-state index is 0.156. The molecule has 1 aromatic carbocycles. The summed E-state index contributed by atoms with van der Waals surface area (Å²) in [6.07, 6.45) is 3.70. The van der Waals surface area contributed by atoms with Crippen molar-refractivity contribution in [1.29, 1.82) is 0 Å². The molecule has 5 heteroatoms. The van der Waals surface area contributed by atoms with Crippen LogP contribution in [0.5, 0.6) is 0 Å². The number of aryl methyl sites for hydroxylation is 2. The van der Waals surface area contributed by atoms with Gasteiger partial charge in [0.25, 0.3) is 5.91 Å². The molecule has 2 unspecified atom stereocenters. The van der Waals surface area contributed by atoms with Gasteiger partial charge in [-0.05, 0) is 44.9 Å². The summed E-state index contributed by atoms with van der Waals surface area (Å²) in [5, 5.41) is 17.4. The van der Waals surface area contributed by atoms with E-state index in [4.69, 9.17) is 0 Å². The fourth-order valence-corrected chi connectivity index (χ4v) is 3.27. The lowest BCUT2D eigenvalue weighted by molar-refractivity contribution is 0.0661. The van der Waals surface area contributed by atoms with Gasteiger partial charge in [0.05, 0.1) is 11.8 Å². The van der Waals surface area contributed by atoms with Crippen molar-refractivity contribution in [3.63, 3.8) is 0 Å². The minimum Gasteiger partial charge on any atom is -0.393 e. The summed E-state index contributed by atoms with van der Waals surface area (Å²) in [4.78, 5) is 12.4. The molecule has 1 aliphatic rings. The molecule has 1 aromatic heterocycles. The third-order valence-electron chi connectivity index (χ3n) is 4.79. The van der Waals surface area contributed by atoms with E-state index in [0.29, 0.717) is 12.2 Å². The molecule has 2 N–H and O–H groups in total. The highest BCUT2D eigenvalue weighted by atomic mass is 16.3. The summed E-state index contributed by atoms with van der Waals surface area (Å²) in [5.74, 6) is -0.0234. The molecule has 2 atom stereocenters. The van der Waals surface area contributed by atoms with Crippen molar-refractivity contribution < 1.29 is 9.90 Å². The Labute approximate surface area is 142 Å². The van der Waals surface area contributed by atoms with E-state index in [9.17, 15) is 9.90 Å². The number of aliphatic hydroxyl groups excluding tert-OH is 1. The van der Waals surface area contributed by atoms with Crippen molar-refractivity contribution in [2.75, 3.05) is 6.54 Å². The normalized spacial score (nSPS) is 20.8. The van der Waals surface area contributed by atoms with Gasteiger partial charge in [0.1, 0.15) is 0 Å². The summed E-state index contributed by atoms with van der Waals surface area (Å²) in [5.41, 5.74) is 3.47. The number of hydrogen-bond donors (Lipinski definition) is 2. The number of nitrogens with one attached hydrogen (secondary N) is 1. The average Bonchev–Trinajstić information content (AvgIpc) is 2.96. The summed E-state index contributed by atoms with van der Waals surface area (Å²) in [6.45, 7) is 4.49. The van der Waals surface area contributed by atoms with Crippen LogP contribution in [0.1, 0.15) is 47.4 Å². The number of aromatic nitrogens is 2. The van der Waals surface area contributed by atoms with Crippen molar-refractivity contribution in [3.05, 3.63) is 47.3 Å². The second-order valence-electron chi connectivity index (χ2n) is 6.74. The van der Waals surface area contributed by atoms with Crippen molar-refractivity contribution in [2.24, 2.45) is 5.92 Å². The fourth-order valence-electron chi connectivity index (χ4n) is 3.27. The highest BCUT2D eigenvalue weighted by Crippen LogP contribution is 2.23. The van der Waals surface area contributed by atoms with Crippen molar-refractivity contribution in [1.82, 2.24) is 15.1 Å². The zero-order chi connectivity index (χ0) is 17.1. The molecule has 3 rings (SSSR count). The maximum absolute atomic E-state index is 12.4. The molecule has 1 saturated carbocycles. The Morgan fingerprint density at radius 3 is 2.67 bits per heavy atom. The Bertz CT molecular complexity index is 706. The molecule has 0 bridgehead atoms. The van der Waals surface area contributed by atoms with Gasteiger partial charge in [0.15, 0.2) is 5.69 Å². The number of benzene rings is 1. The van der Waals surface area contributed by atoms with Crippen LogP contribution < -0.4 is 5.32 Å². The molecule has 1 aliphatic carbocycles. The quantitative estimate of drug-likeness (QED) is 0.907. The Kier molecular flexibility index (Phi) is 5.00. The fraction of sp³-hybridized carbons (Fsp3) is 0.474. The van der Waals surface area contributed by atoms with Crippen molar-refractivity contribution in [3.8, 4) is 5.69 Å². The first-order valence-electron chi connectivity index (χ1n) is 8.64. The Hall–Kier alpha value is -2.14. The van der Waals surface area contributed by atoms with Gasteiger partial charge in [-0.15, -0.1) is 0 Å². The van der Waals surface area contributed by atoms with Gasteiger partial charge in [-0.1, -0.05) is 30.5 Å². The van der Waals surface area contributed by atoms with Crippen LogP contribution in [0.4, 0.5) is 0 Å². The first-order chi connectivity index (χ1) is 11.5. The Morgan fingerprint density at radius 2 is 1.96 bits per heavy atom. The molecular formula is C19H25N3O2. The zero-order valence-electron chi connectivity index (χ0n) is 14.3. The van der Waals surface area contributed by atoms with Gasteiger partial charge < -0.3 is 10.4 Å². The third kappa shape index (κ3) is 3.67. The molecule has 1 fully saturated rings. The summed E-state index contributed by atoms with van der Waals surface area (Å²) < 4.78 is 1.78. The SMILES string of the molecule is Cc1ccc(-n2nc(C(=O)NCC3CCCCC3O)cc2C)cc1. The predicted octanol–water partition coefficient (Wildman–Crippen LogP) is 2.77. The van der Waals surface area contributed by atoms with E-state index in [0.717, 1.165) is 37.1 Å². The maximum Gasteiger partial charge on any atom is 0.271 e. The molecule has 128 valence electrons. The summed E-state index contributed by atoms with van der Waals surface area (Å²) in [7, 11) is 0. The van der Waals surface area contributed by atoms with E-state index in [1.165, 1.54) is 5.56 Å². The second-order valence-corrected chi connectivity index (χ2v) is 6.74. The summed E-state index contributed by atoms with van der Waals surface area (Å²) >= 11 is 0. The second kappa shape index (κ2) is 7.18. The Morgan fingerprint density at radius 1 is 1.25 bits per heavy atom. The lowest BCUT2D eigenvalue weighted by Crippen LogP contribution is -2.36. The molecule has 0 saturated heterocycles. The standard InChI is InChI=1S/C19H25N3O2/c1-13-7-9-16(10-8-13)22-14(2)11-17(21-22)19(24)20-12-15-5-3-4-6-18(15)23/h7-11,15,18,23H,3-6,12H2,1-2H3,(H,20,24). The Balaban J connectivity index is 1.67. The van der Waals surface area contributed by atoms with E-state index < -0.39 is 0 Å². The van der Waals surface area contributed by atoms with E-state index in [1.807, 2.05) is 38.1 Å². The lowest BCUT2D eigenvalue weighted by atomic mass is 9.86. The van der Waals surface area contributed by atoms with E-state index >= 15 is 0 Å². The van der Waals surface area contributed by atoms with Gasteiger partial charge in [0.2, 0.25) is 0 Å². The van der Waals surface area contributed by atoms with Crippen LogP contribution in [-0.2, 0) is 0 Å². The lowest BCUT2D eigenvalue weighted by Gasteiger charge is -2.27. The minimum atomic E-state index is -0.300. The molecule has 0 radical (unpaired) electrons. The van der Waals surface area contributed by atoms with Crippen LogP contribution in [0.2, 0.25) is 0 Å². The van der Waals surface area contributed by atoms with Crippen LogP contribution in [-0.4, -0.2) is 33.4 Å². The predicted molar refractivity (Wildman–Crippen MR) is 93.3 cm³/mol. The van der Waals surface area contributed by atoms with Crippen LogP contribution >= 0.6 is 0 Å². The number of carbonyl (C=O) groups excluding carboxylic acids is 1. The molecular weight excluding hydrogens is 302 g/mol. The van der Waals surface area contributed by atoms with Crippen LogP contribution in [0.15, 0.2) is 30.3 Å². The van der Waals surface area contributed by atoms with Crippen LogP contribution in [0.25, 0.3) is 5.69 Å². The molecule has 2 aromatic rings. The van der Waals surface area contributed by atoms with E-state index in [2.05, 4.69) is 10.4 Å². The number of hydrogen-bond acceptors (Lipinski definition) is 3. The van der Waals surface area contributed by atoms with Gasteiger partial charge in [-0.25, -0.2) is 4.68 Å². The highest BCUT2D eigenvalue weighted by Gasteiger charge is 2.24. The van der Waals surface area contributed by atoms with Gasteiger partial charge in [-0.2, -0.15) is 5.10 Å². The monoisotopic (exact) mass is 327 g/mol. The van der Waals surface area contributed by atoms with E-state index in [1.54, 1.807) is 10.7 Å². The molecule has 1 heterocycles.